The molecule has 1 aromatic heterocycles. The summed E-state index contributed by atoms with van der Waals surface area (Å²) in [6.07, 6.45) is 0.459. The predicted molar refractivity (Wildman–Crippen MR) is 127 cm³/mol. The smallest absolute Gasteiger partial charge is 0.229 e. The van der Waals surface area contributed by atoms with E-state index in [1.165, 1.54) is 0 Å². The molecule has 2 N–H and O–H groups in total. The molecule has 152 valence electrons. The van der Waals surface area contributed by atoms with Crippen molar-refractivity contribution in [3.05, 3.63) is 46.4 Å². The molecule has 1 atom stereocenters. The maximum Gasteiger partial charge on any atom is 0.229 e. The lowest BCUT2D eigenvalue weighted by Gasteiger charge is -2.18. The van der Waals surface area contributed by atoms with Gasteiger partial charge in [-0.2, -0.15) is 0 Å². The molecule has 0 aliphatic carbocycles. The van der Waals surface area contributed by atoms with Crippen molar-refractivity contribution in [2.75, 3.05) is 18.5 Å². The minimum Gasteiger partial charge on any atom is -0.351 e. The normalized spacial score (nSPS) is 17.4. The molecule has 1 aliphatic rings. The highest BCUT2D eigenvalue weighted by Crippen LogP contribution is 2.25. The first-order valence-electron chi connectivity index (χ1n) is 9.14. The van der Waals surface area contributed by atoms with Gasteiger partial charge in [0.25, 0.3) is 0 Å². The Labute approximate surface area is 187 Å². The zero-order valence-electron chi connectivity index (χ0n) is 16.7. The fraction of sp³-hybridized carbons (Fsp3) is 0.450. The van der Waals surface area contributed by atoms with Gasteiger partial charge in [-0.1, -0.05) is 39.0 Å². The number of aromatic nitrogens is 1. The number of benzene rings is 1. The minimum absolute atomic E-state index is 0. The van der Waals surface area contributed by atoms with Crippen LogP contribution in [0.5, 0.6) is 0 Å². The molecule has 1 aliphatic heterocycles. The van der Waals surface area contributed by atoms with Crippen LogP contribution in [0.4, 0.5) is 5.69 Å². The summed E-state index contributed by atoms with van der Waals surface area (Å²) in [5, 5.41) is 9.86. The van der Waals surface area contributed by atoms with Crippen molar-refractivity contribution >= 4 is 52.9 Å². The number of halogens is 1. The maximum absolute atomic E-state index is 12.3. The molecular weight excluding hydrogens is 485 g/mol. The van der Waals surface area contributed by atoms with Crippen LogP contribution in [0.15, 0.2) is 40.7 Å². The highest BCUT2D eigenvalue weighted by atomic mass is 127. The number of hydrogen-bond acceptors (Lipinski definition) is 4. The Morgan fingerprint density at radius 1 is 1.32 bits per heavy atom. The number of anilines is 1. The van der Waals surface area contributed by atoms with Crippen molar-refractivity contribution < 1.29 is 4.79 Å². The van der Waals surface area contributed by atoms with Crippen molar-refractivity contribution in [1.29, 1.82) is 0 Å². The minimum atomic E-state index is 0. The molecule has 6 nitrogen and oxygen atoms in total. The Bertz CT molecular complexity index is 816. The number of rotatable bonds is 4. The molecular formula is C20H28IN5OS. The number of carbonyl (C=O) groups is 1. The number of guanidine groups is 1. The van der Waals surface area contributed by atoms with Gasteiger partial charge in [-0.3, -0.25) is 9.79 Å². The molecule has 1 fully saturated rings. The monoisotopic (exact) mass is 513 g/mol. The number of carbonyl (C=O) groups excluding carboxylic acids is 1. The van der Waals surface area contributed by atoms with Crippen LogP contribution in [0.2, 0.25) is 0 Å². The second kappa shape index (κ2) is 9.69. The fourth-order valence-corrected chi connectivity index (χ4v) is 3.86. The van der Waals surface area contributed by atoms with Gasteiger partial charge in [-0.25, -0.2) is 4.98 Å². The zero-order valence-corrected chi connectivity index (χ0v) is 19.9. The van der Waals surface area contributed by atoms with E-state index in [4.69, 9.17) is 4.98 Å². The summed E-state index contributed by atoms with van der Waals surface area (Å²) in [6, 6.07) is 9.80. The first kappa shape index (κ1) is 22.6. The van der Waals surface area contributed by atoms with Gasteiger partial charge in [0, 0.05) is 36.5 Å². The van der Waals surface area contributed by atoms with Crippen LogP contribution >= 0.6 is 35.3 Å². The van der Waals surface area contributed by atoms with Crippen LogP contribution in [-0.4, -0.2) is 36.5 Å². The SMILES string of the molecule is CN=C(NCc1csc(C(C)(C)C)n1)NC1CC(=O)N(c2ccccc2)C1.I. The van der Waals surface area contributed by atoms with E-state index in [2.05, 4.69) is 41.8 Å². The average Bonchev–Trinajstić information content (AvgIpc) is 3.26. The van der Waals surface area contributed by atoms with Gasteiger partial charge in [-0.15, -0.1) is 35.3 Å². The zero-order chi connectivity index (χ0) is 19.4. The summed E-state index contributed by atoms with van der Waals surface area (Å²) in [4.78, 5) is 23.1. The molecule has 2 heterocycles. The largest absolute Gasteiger partial charge is 0.351 e. The summed E-state index contributed by atoms with van der Waals surface area (Å²) in [5.74, 6) is 0.816. The maximum atomic E-state index is 12.3. The van der Waals surface area contributed by atoms with Crippen LogP contribution < -0.4 is 15.5 Å². The van der Waals surface area contributed by atoms with E-state index in [9.17, 15) is 4.79 Å². The Kier molecular flexibility index (Phi) is 7.82. The lowest BCUT2D eigenvalue weighted by molar-refractivity contribution is -0.117. The van der Waals surface area contributed by atoms with Gasteiger partial charge in [0.2, 0.25) is 5.91 Å². The third kappa shape index (κ3) is 5.66. The van der Waals surface area contributed by atoms with Crippen molar-refractivity contribution in [2.24, 2.45) is 4.99 Å². The standard InChI is InChI=1S/C20H27N5OS.HI/c1-20(2,3)18-23-15(13-27-18)11-22-19(21-4)24-14-10-17(26)25(12-14)16-8-6-5-7-9-16;/h5-9,13-14H,10-12H2,1-4H3,(H2,21,22,24);1H. The van der Waals surface area contributed by atoms with E-state index >= 15 is 0 Å². The van der Waals surface area contributed by atoms with Crippen LogP contribution in [0.25, 0.3) is 0 Å². The van der Waals surface area contributed by atoms with E-state index in [1.54, 1.807) is 18.4 Å². The predicted octanol–water partition coefficient (Wildman–Crippen LogP) is 3.53. The van der Waals surface area contributed by atoms with E-state index in [1.807, 2.05) is 35.2 Å². The summed E-state index contributed by atoms with van der Waals surface area (Å²) in [7, 11) is 1.74. The van der Waals surface area contributed by atoms with Gasteiger partial charge in [0.1, 0.15) is 0 Å². The first-order chi connectivity index (χ1) is 12.9. The van der Waals surface area contributed by atoms with E-state index in [0.717, 1.165) is 16.4 Å². The molecule has 3 rings (SSSR count). The van der Waals surface area contributed by atoms with E-state index in [0.29, 0.717) is 25.5 Å². The third-order valence-corrected chi connectivity index (χ3v) is 5.70. The topological polar surface area (TPSA) is 69.6 Å². The molecule has 0 bridgehead atoms. The number of amides is 1. The van der Waals surface area contributed by atoms with Gasteiger partial charge in [0.05, 0.1) is 23.3 Å². The van der Waals surface area contributed by atoms with Crippen molar-refractivity contribution in [2.45, 2.75) is 45.2 Å². The number of nitrogens with one attached hydrogen (secondary N) is 2. The number of thiazole rings is 1. The van der Waals surface area contributed by atoms with Gasteiger partial charge in [0.15, 0.2) is 5.96 Å². The average molecular weight is 513 g/mol. The summed E-state index contributed by atoms with van der Waals surface area (Å²) >= 11 is 1.68. The molecule has 0 spiro atoms. The quantitative estimate of drug-likeness (QED) is 0.373. The lowest BCUT2D eigenvalue weighted by atomic mass is 9.98. The Morgan fingerprint density at radius 3 is 2.64 bits per heavy atom. The number of para-hydroxylation sites is 1. The third-order valence-electron chi connectivity index (χ3n) is 4.39. The van der Waals surface area contributed by atoms with E-state index < -0.39 is 0 Å². The highest BCUT2D eigenvalue weighted by Gasteiger charge is 2.31. The molecule has 2 aromatic rings. The van der Waals surface area contributed by atoms with Crippen LogP contribution in [0.1, 0.15) is 37.9 Å². The first-order valence-corrected chi connectivity index (χ1v) is 10.0. The van der Waals surface area contributed by atoms with Gasteiger partial charge < -0.3 is 15.5 Å². The second-order valence-corrected chi connectivity index (χ2v) is 8.56. The van der Waals surface area contributed by atoms with Crippen molar-refractivity contribution in [1.82, 2.24) is 15.6 Å². The van der Waals surface area contributed by atoms with Gasteiger partial charge >= 0.3 is 0 Å². The lowest BCUT2D eigenvalue weighted by Crippen LogP contribution is -2.44. The molecule has 1 amide bonds. The van der Waals surface area contributed by atoms with Crippen molar-refractivity contribution in [3.63, 3.8) is 0 Å². The second-order valence-electron chi connectivity index (χ2n) is 7.71. The molecule has 8 heteroatoms. The summed E-state index contributed by atoms with van der Waals surface area (Å²) in [6.45, 7) is 7.74. The highest BCUT2D eigenvalue weighted by molar-refractivity contribution is 14.0. The molecule has 1 unspecified atom stereocenters. The van der Waals surface area contributed by atoms with Gasteiger partial charge in [-0.05, 0) is 12.1 Å². The van der Waals surface area contributed by atoms with E-state index in [-0.39, 0.29) is 41.3 Å². The Morgan fingerprint density at radius 2 is 2.04 bits per heavy atom. The fourth-order valence-electron chi connectivity index (χ4n) is 2.96. The number of nitrogens with zero attached hydrogens (tertiary/aromatic N) is 3. The molecule has 1 aromatic carbocycles. The van der Waals surface area contributed by atoms with Crippen LogP contribution in [-0.2, 0) is 16.8 Å². The number of hydrogen-bond donors (Lipinski definition) is 2. The molecule has 1 saturated heterocycles. The molecule has 0 radical (unpaired) electrons. The molecule has 28 heavy (non-hydrogen) atoms. The van der Waals surface area contributed by atoms with Crippen LogP contribution in [0, 0.1) is 0 Å². The Balaban J connectivity index is 0.00000280. The van der Waals surface area contributed by atoms with Crippen LogP contribution in [0.3, 0.4) is 0 Å². The summed E-state index contributed by atoms with van der Waals surface area (Å²) in [5.41, 5.74) is 2.00. The van der Waals surface area contributed by atoms with Crippen molar-refractivity contribution in [3.8, 4) is 0 Å². The summed E-state index contributed by atoms with van der Waals surface area (Å²) < 4.78 is 0. The Hall–Kier alpha value is -1.68. The molecule has 0 saturated carbocycles. The number of aliphatic imine (C=N–C) groups is 1.